The SMILES string of the molecule is COc1ccc(N2C(=O)c3[nH]nc(CC(C)C)c3C2c2ccc(F)c(F)c2)cc1. The number of benzene rings is 2. The fourth-order valence-corrected chi connectivity index (χ4v) is 3.76. The third-order valence-electron chi connectivity index (χ3n) is 5.06. The van der Waals surface area contributed by atoms with Crippen LogP contribution in [0.1, 0.15) is 47.2 Å². The Labute approximate surface area is 167 Å². The number of carbonyl (C=O) groups is 1. The third kappa shape index (κ3) is 3.26. The van der Waals surface area contributed by atoms with Gasteiger partial charge < -0.3 is 4.74 Å². The molecule has 1 aliphatic rings. The summed E-state index contributed by atoms with van der Waals surface area (Å²) in [5, 5.41) is 7.19. The number of halogens is 2. The number of H-pyrrole nitrogens is 1. The van der Waals surface area contributed by atoms with Crippen molar-refractivity contribution in [3.63, 3.8) is 0 Å². The van der Waals surface area contributed by atoms with E-state index in [4.69, 9.17) is 4.74 Å². The number of carbonyl (C=O) groups excluding carboxylic acids is 1. The van der Waals surface area contributed by atoms with E-state index in [1.54, 1.807) is 36.3 Å². The van der Waals surface area contributed by atoms with E-state index in [-0.39, 0.29) is 5.91 Å². The van der Waals surface area contributed by atoms with E-state index < -0.39 is 17.7 Å². The highest BCUT2D eigenvalue weighted by molar-refractivity contribution is 6.10. The maximum Gasteiger partial charge on any atom is 0.277 e. The maximum absolute atomic E-state index is 14.1. The molecule has 0 spiro atoms. The molecule has 0 aliphatic carbocycles. The minimum Gasteiger partial charge on any atom is -0.497 e. The molecule has 4 rings (SSSR count). The predicted molar refractivity (Wildman–Crippen MR) is 105 cm³/mol. The summed E-state index contributed by atoms with van der Waals surface area (Å²) in [6.07, 6.45) is 0.662. The molecule has 0 saturated heterocycles. The molecule has 1 unspecified atom stereocenters. The summed E-state index contributed by atoms with van der Waals surface area (Å²) >= 11 is 0. The summed E-state index contributed by atoms with van der Waals surface area (Å²) < 4.78 is 32.8. The van der Waals surface area contributed by atoms with Crippen molar-refractivity contribution in [3.05, 3.63) is 76.6 Å². The number of hydrogen-bond acceptors (Lipinski definition) is 3. The number of amides is 1. The van der Waals surface area contributed by atoms with Crippen LogP contribution in [-0.4, -0.2) is 23.2 Å². The van der Waals surface area contributed by atoms with Crippen LogP contribution in [0, 0.1) is 17.6 Å². The van der Waals surface area contributed by atoms with Crippen LogP contribution in [0.15, 0.2) is 42.5 Å². The number of aromatic nitrogens is 2. The van der Waals surface area contributed by atoms with E-state index in [1.807, 2.05) is 0 Å². The Balaban J connectivity index is 1.88. The van der Waals surface area contributed by atoms with Crippen molar-refractivity contribution in [2.75, 3.05) is 12.0 Å². The van der Waals surface area contributed by atoms with Crippen molar-refractivity contribution in [2.45, 2.75) is 26.3 Å². The van der Waals surface area contributed by atoms with Gasteiger partial charge in [-0.3, -0.25) is 14.8 Å². The van der Waals surface area contributed by atoms with Gasteiger partial charge >= 0.3 is 0 Å². The van der Waals surface area contributed by atoms with Crippen LogP contribution >= 0.6 is 0 Å². The number of fused-ring (bicyclic) bond motifs is 1. The number of anilines is 1. The Morgan fingerprint density at radius 2 is 1.86 bits per heavy atom. The molecule has 7 heteroatoms. The second kappa shape index (κ2) is 7.31. The summed E-state index contributed by atoms with van der Waals surface area (Å²) in [6.45, 7) is 4.12. The number of ether oxygens (including phenoxy) is 1. The van der Waals surface area contributed by atoms with E-state index >= 15 is 0 Å². The molecule has 2 aromatic carbocycles. The Morgan fingerprint density at radius 3 is 2.48 bits per heavy atom. The number of methoxy groups -OCH3 is 1. The van der Waals surface area contributed by atoms with Crippen LogP contribution in [0.3, 0.4) is 0 Å². The molecule has 29 heavy (non-hydrogen) atoms. The Morgan fingerprint density at radius 1 is 1.14 bits per heavy atom. The third-order valence-corrected chi connectivity index (χ3v) is 5.06. The fraction of sp³-hybridized carbons (Fsp3) is 0.273. The van der Waals surface area contributed by atoms with Crippen LogP contribution in [0.4, 0.5) is 14.5 Å². The zero-order valence-corrected chi connectivity index (χ0v) is 16.4. The normalized spacial score (nSPS) is 15.9. The first-order chi connectivity index (χ1) is 13.9. The summed E-state index contributed by atoms with van der Waals surface area (Å²) in [4.78, 5) is 14.8. The number of hydrogen-bond donors (Lipinski definition) is 1. The van der Waals surface area contributed by atoms with Gasteiger partial charge in [-0.15, -0.1) is 0 Å². The van der Waals surface area contributed by atoms with E-state index in [1.165, 1.54) is 6.07 Å². The highest BCUT2D eigenvalue weighted by atomic mass is 19.2. The fourth-order valence-electron chi connectivity index (χ4n) is 3.76. The van der Waals surface area contributed by atoms with Crippen molar-refractivity contribution in [1.29, 1.82) is 0 Å². The minimum atomic E-state index is -0.952. The molecule has 1 aromatic heterocycles. The van der Waals surface area contributed by atoms with Crippen LogP contribution in [0.5, 0.6) is 5.75 Å². The summed E-state index contributed by atoms with van der Waals surface area (Å²) in [7, 11) is 1.56. The van der Waals surface area contributed by atoms with Crippen molar-refractivity contribution in [2.24, 2.45) is 5.92 Å². The first-order valence-electron chi connectivity index (χ1n) is 9.40. The topological polar surface area (TPSA) is 58.2 Å². The summed E-state index contributed by atoms with van der Waals surface area (Å²) in [6, 6.07) is 10.2. The van der Waals surface area contributed by atoms with E-state index in [9.17, 15) is 13.6 Å². The number of aromatic amines is 1. The molecule has 2 heterocycles. The molecule has 5 nitrogen and oxygen atoms in total. The molecule has 1 N–H and O–H groups in total. The molecule has 1 aliphatic heterocycles. The molecule has 3 aromatic rings. The zero-order chi connectivity index (χ0) is 20.7. The maximum atomic E-state index is 14.1. The van der Waals surface area contributed by atoms with Gasteiger partial charge in [-0.1, -0.05) is 19.9 Å². The van der Waals surface area contributed by atoms with Crippen LogP contribution in [-0.2, 0) is 6.42 Å². The molecule has 1 atom stereocenters. The summed E-state index contributed by atoms with van der Waals surface area (Å²) in [5.41, 5.74) is 2.97. The molecule has 150 valence electrons. The lowest BCUT2D eigenvalue weighted by molar-refractivity contribution is 0.0988. The molecule has 1 amide bonds. The van der Waals surface area contributed by atoms with Gasteiger partial charge in [-0.25, -0.2) is 8.78 Å². The van der Waals surface area contributed by atoms with Gasteiger partial charge in [0.1, 0.15) is 11.4 Å². The van der Waals surface area contributed by atoms with E-state index in [2.05, 4.69) is 24.0 Å². The Hall–Kier alpha value is -3.22. The van der Waals surface area contributed by atoms with Gasteiger partial charge in [0.05, 0.1) is 18.8 Å². The Kier molecular flexibility index (Phi) is 4.82. The van der Waals surface area contributed by atoms with E-state index in [0.29, 0.717) is 40.6 Å². The van der Waals surface area contributed by atoms with Crippen molar-refractivity contribution in [3.8, 4) is 5.75 Å². The molecular weight excluding hydrogens is 376 g/mol. The lowest BCUT2D eigenvalue weighted by Gasteiger charge is -2.27. The van der Waals surface area contributed by atoms with Gasteiger partial charge in [0.2, 0.25) is 0 Å². The first kappa shape index (κ1) is 19.1. The van der Waals surface area contributed by atoms with Crippen LogP contribution in [0.25, 0.3) is 0 Å². The van der Waals surface area contributed by atoms with Gasteiger partial charge in [0, 0.05) is 11.3 Å². The molecular formula is C22H21F2N3O2. The number of nitrogens with zero attached hydrogens (tertiary/aromatic N) is 2. The van der Waals surface area contributed by atoms with Crippen LogP contribution < -0.4 is 9.64 Å². The second-order valence-corrected chi connectivity index (χ2v) is 7.51. The number of rotatable bonds is 5. The molecule has 0 bridgehead atoms. The van der Waals surface area contributed by atoms with Crippen molar-refractivity contribution >= 4 is 11.6 Å². The lowest BCUT2D eigenvalue weighted by Crippen LogP contribution is -2.29. The van der Waals surface area contributed by atoms with Gasteiger partial charge in [-0.2, -0.15) is 5.10 Å². The van der Waals surface area contributed by atoms with Crippen molar-refractivity contribution < 1.29 is 18.3 Å². The number of nitrogens with one attached hydrogen (secondary N) is 1. The second-order valence-electron chi connectivity index (χ2n) is 7.51. The van der Waals surface area contributed by atoms with Crippen molar-refractivity contribution in [1.82, 2.24) is 10.2 Å². The van der Waals surface area contributed by atoms with Gasteiger partial charge in [-0.05, 0) is 54.3 Å². The van der Waals surface area contributed by atoms with Gasteiger partial charge in [0.25, 0.3) is 5.91 Å². The average Bonchev–Trinajstić information content (AvgIpc) is 3.23. The quantitative estimate of drug-likeness (QED) is 0.682. The standard InChI is InChI=1S/C22H21F2N3O2/c1-12(2)10-18-19-20(26-25-18)22(28)27(14-5-7-15(29-3)8-6-14)21(19)13-4-9-16(23)17(24)11-13/h4-9,11-12,21H,10H2,1-3H3,(H,25,26). The van der Waals surface area contributed by atoms with E-state index in [0.717, 1.165) is 17.8 Å². The lowest BCUT2D eigenvalue weighted by atomic mass is 9.95. The first-order valence-corrected chi connectivity index (χ1v) is 9.40. The summed E-state index contributed by atoms with van der Waals surface area (Å²) in [5.74, 6) is -1.16. The van der Waals surface area contributed by atoms with Crippen LogP contribution in [0.2, 0.25) is 0 Å². The predicted octanol–water partition coefficient (Wildman–Crippen LogP) is 4.64. The average molecular weight is 397 g/mol. The largest absolute Gasteiger partial charge is 0.497 e. The highest BCUT2D eigenvalue weighted by Gasteiger charge is 2.43. The minimum absolute atomic E-state index is 0.262. The Bertz CT molecular complexity index is 1060. The van der Waals surface area contributed by atoms with Gasteiger partial charge in [0.15, 0.2) is 11.6 Å². The molecule has 0 saturated carbocycles. The highest BCUT2D eigenvalue weighted by Crippen LogP contribution is 2.43. The molecule has 0 fully saturated rings. The molecule has 0 radical (unpaired) electrons. The monoisotopic (exact) mass is 397 g/mol. The zero-order valence-electron chi connectivity index (χ0n) is 16.4. The smallest absolute Gasteiger partial charge is 0.277 e.